The van der Waals surface area contributed by atoms with E-state index in [1.54, 1.807) is 18.2 Å². The van der Waals surface area contributed by atoms with Crippen molar-refractivity contribution in [3.63, 3.8) is 0 Å². The van der Waals surface area contributed by atoms with Crippen molar-refractivity contribution in [3.05, 3.63) is 60.2 Å². The summed E-state index contributed by atoms with van der Waals surface area (Å²) in [4.78, 5) is 0.752. The summed E-state index contributed by atoms with van der Waals surface area (Å²) < 4.78 is 39.5. The summed E-state index contributed by atoms with van der Waals surface area (Å²) in [6, 6.07) is 16.1. The molecule has 0 radical (unpaired) electrons. The second-order valence-corrected chi connectivity index (χ2v) is 8.23. The molecule has 1 atom stereocenters. The molecule has 0 aliphatic rings. The molecule has 5 nitrogen and oxygen atoms in total. The minimum absolute atomic E-state index is 0.335. The lowest BCUT2D eigenvalue weighted by molar-refractivity contribution is 0.527. The quantitative estimate of drug-likeness (QED) is 0.878. The van der Waals surface area contributed by atoms with E-state index in [0.717, 1.165) is 14.8 Å². The Bertz CT molecular complexity index is 759. The monoisotopic (exact) mass is 338 g/mol. The van der Waals surface area contributed by atoms with Gasteiger partial charge in [-0.25, -0.2) is 0 Å². The van der Waals surface area contributed by atoms with Crippen molar-refractivity contribution < 1.29 is 12.6 Å². The molecule has 1 unspecified atom stereocenters. The summed E-state index contributed by atoms with van der Waals surface area (Å²) >= 11 is 0. The Morgan fingerprint density at radius 1 is 1.05 bits per heavy atom. The maximum atomic E-state index is 12.3. The van der Waals surface area contributed by atoms with Crippen LogP contribution in [0.15, 0.2) is 59.5 Å². The van der Waals surface area contributed by atoms with Gasteiger partial charge < -0.3 is 0 Å². The van der Waals surface area contributed by atoms with Crippen LogP contribution in [0.4, 0.5) is 5.69 Å². The summed E-state index contributed by atoms with van der Waals surface area (Å²) in [5.74, 6) is 0.335. The molecule has 0 aromatic heterocycles. The molecule has 0 spiro atoms. The lowest BCUT2D eigenvalue weighted by atomic mass is 10.2. The van der Waals surface area contributed by atoms with Gasteiger partial charge in [0.05, 0.1) is 22.2 Å². The smallest absolute Gasteiger partial charge is 0.271 e. The van der Waals surface area contributed by atoms with Crippen molar-refractivity contribution >= 4 is 26.7 Å². The fraction of sp³-hybridized carbons (Fsp3) is 0.200. The van der Waals surface area contributed by atoms with Gasteiger partial charge in [0.15, 0.2) is 0 Å². The number of anilines is 1. The minimum Gasteiger partial charge on any atom is -0.271 e. The summed E-state index contributed by atoms with van der Waals surface area (Å²) in [5.41, 5.74) is 1.26. The van der Waals surface area contributed by atoms with Crippen LogP contribution < -0.4 is 4.72 Å². The molecule has 2 aromatic rings. The molecular weight excluding hydrogens is 320 g/mol. The van der Waals surface area contributed by atoms with Gasteiger partial charge in [-0.15, -0.1) is 0 Å². The topological polar surface area (TPSA) is 66.5 Å². The Morgan fingerprint density at radius 2 is 1.73 bits per heavy atom. The number of rotatable bonds is 6. The Morgan fingerprint density at radius 3 is 2.36 bits per heavy atom. The van der Waals surface area contributed by atoms with E-state index >= 15 is 0 Å². The Balaban J connectivity index is 2.14. The molecule has 1 N–H and O–H groups in total. The zero-order valence-electron chi connectivity index (χ0n) is 12.4. The van der Waals surface area contributed by atoms with E-state index in [9.17, 15) is 12.6 Å². The van der Waals surface area contributed by atoms with Crippen molar-refractivity contribution in [2.45, 2.75) is 10.6 Å². The SMILES string of the molecule is CN(C)S(=O)(=O)Nc1cccc(CS(=O)c2ccccc2)c1. The van der Waals surface area contributed by atoms with Gasteiger partial charge in [0, 0.05) is 19.0 Å². The second kappa shape index (κ2) is 7.04. The summed E-state index contributed by atoms with van der Waals surface area (Å²) in [6.45, 7) is 0. The second-order valence-electron chi connectivity index (χ2n) is 4.89. The highest BCUT2D eigenvalue weighted by atomic mass is 32.2. The molecule has 0 fully saturated rings. The average molecular weight is 338 g/mol. The zero-order valence-corrected chi connectivity index (χ0v) is 14.0. The third-order valence-electron chi connectivity index (χ3n) is 2.96. The summed E-state index contributed by atoms with van der Waals surface area (Å²) in [7, 11) is -1.79. The molecule has 0 amide bonds. The van der Waals surface area contributed by atoms with Gasteiger partial charge in [-0.05, 0) is 29.8 Å². The highest BCUT2D eigenvalue weighted by Crippen LogP contribution is 2.17. The molecular formula is C15H18N2O3S2. The summed E-state index contributed by atoms with van der Waals surface area (Å²) in [6.07, 6.45) is 0. The number of hydrogen-bond acceptors (Lipinski definition) is 3. The van der Waals surface area contributed by atoms with Gasteiger partial charge in [0.25, 0.3) is 0 Å². The van der Waals surface area contributed by atoms with Gasteiger partial charge in [-0.3, -0.25) is 8.93 Å². The molecule has 22 heavy (non-hydrogen) atoms. The zero-order chi connectivity index (χ0) is 16.2. The van der Waals surface area contributed by atoms with Crippen LogP contribution in [0.25, 0.3) is 0 Å². The van der Waals surface area contributed by atoms with E-state index in [2.05, 4.69) is 4.72 Å². The normalized spacial score (nSPS) is 13.0. The highest BCUT2D eigenvalue weighted by molar-refractivity contribution is 7.90. The molecule has 0 aliphatic heterocycles. The molecule has 7 heteroatoms. The van der Waals surface area contributed by atoms with Crippen molar-refractivity contribution in [3.8, 4) is 0 Å². The minimum atomic E-state index is -3.54. The summed E-state index contributed by atoms with van der Waals surface area (Å²) in [5, 5.41) is 0. The first-order valence-corrected chi connectivity index (χ1v) is 9.37. The standard InChI is InChI=1S/C15H18N2O3S2/c1-17(2)22(19,20)16-14-8-6-7-13(11-14)12-21(18)15-9-4-3-5-10-15/h3-11,16H,12H2,1-2H3. The van der Waals surface area contributed by atoms with E-state index in [-0.39, 0.29) is 0 Å². The predicted molar refractivity (Wildman–Crippen MR) is 89.2 cm³/mol. The maximum Gasteiger partial charge on any atom is 0.301 e. The molecule has 2 rings (SSSR count). The van der Waals surface area contributed by atoms with Crippen LogP contribution in [0.2, 0.25) is 0 Å². The van der Waals surface area contributed by atoms with Crippen LogP contribution >= 0.6 is 0 Å². The van der Waals surface area contributed by atoms with E-state index in [0.29, 0.717) is 11.4 Å². The lowest BCUT2D eigenvalue weighted by Crippen LogP contribution is -2.28. The number of nitrogens with one attached hydrogen (secondary N) is 1. The highest BCUT2D eigenvalue weighted by Gasteiger charge is 2.13. The third kappa shape index (κ3) is 4.40. The third-order valence-corrected chi connectivity index (χ3v) is 5.81. The van der Waals surface area contributed by atoms with Gasteiger partial charge in [0.2, 0.25) is 0 Å². The van der Waals surface area contributed by atoms with Crippen LogP contribution in [0, 0.1) is 0 Å². The first-order chi connectivity index (χ1) is 10.4. The van der Waals surface area contributed by atoms with E-state index in [1.165, 1.54) is 14.1 Å². The molecule has 0 aliphatic carbocycles. The van der Waals surface area contributed by atoms with Gasteiger partial charge in [-0.1, -0.05) is 30.3 Å². The van der Waals surface area contributed by atoms with E-state index in [4.69, 9.17) is 0 Å². The Hall–Kier alpha value is -1.70. The number of benzene rings is 2. The Kier molecular flexibility index (Phi) is 5.33. The van der Waals surface area contributed by atoms with Gasteiger partial charge in [0.1, 0.15) is 0 Å². The average Bonchev–Trinajstić information content (AvgIpc) is 2.48. The van der Waals surface area contributed by atoms with E-state index < -0.39 is 21.0 Å². The van der Waals surface area contributed by atoms with E-state index in [1.807, 2.05) is 36.4 Å². The van der Waals surface area contributed by atoms with Crippen molar-refractivity contribution in [1.82, 2.24) is 4.31 Å². The van der Waals surface area contributed by atoms with Crippen LogP contribution in [0.1, 0.15) is 5.56 Å². The molecule has 2 aromatic carbocycles. The molecule has 118 valence electrons. The van der Waals surface area contributed by atoms with Crippen molar-refractivity contribution in [2.75, 3.05) is 18.8 Å². The predicted octanol–water partition coefficient (Wildman–Crippen LogP) is 2.21. The molecule has 0 bridgehead atoms. The molecule has 0 heterocycles. The van der Waals surface area contributed by atoms with Crippen molar-refractivity contribution in [2.24, 2.45) is 0 Å². The first kappa shape index (κ1) is 16.7. The number of nitrogens with zero attached hydrogens (tertiary/aromatic N) is 1. The largest absolute Gasteiger partial charge is 0.301 e. The first-order valence-electron chi connectivity index (χ1n) is 6.61. The number of hydrogen-bond donors (Lipinski definition) is 1. The fourth-order valence-corrected chi connectivity index (χ4v) is 3.49. The molecule has 0 saturated heterocycles. The van der Waals surface area contributed by atoms with Gasteiger partial charge >= 0.3 is 10.2 Å². The van der Waals surface area contributed by atoms with Crippen molar-refractivity contribution in [1.29, 1.82) is 0 Å². The molecule has 0 saturated carbocycles. The fourth-order valence-electron chi connectivity index (χ4n) is 1.77. The van der Waals surface area contributed by atoms with Gasteiger partial charge in [-0.2, -0.15) is 12.7 Å². The Labute approximate surface area is 133 Å². The maximum absolute atomic E-state index is 12.3. The lowest BCUT2D eigenvalue weighted by Gasteiger charge is -2.14. The van der Waals surface area contributed by atoms with Crippen LogP contribution in [-0.2, 0) is 26.8 Å². The van der Waals surface area contributed by atoms with Crippen LogP contribution in [-0.4, -0.2) is 31.0 Å². The van der Waals surface area contributed by atoms with Crippen LogP contribution in [0.5, 0.6) is 0 Å². The van der Waals surface area contributed by atoms with Crippen LogP contribution in [0.3, 0.4) is 0 Å².